The lowest BCUT2D eigenvalue weighted by Gasteiger charge is -2.19. The zero-order valence-corrected chi connectivity index (χ0v) is 12.5. The van der Waals surface area contributed by atoms with Crippen LogP contribution in [0.15, 0.2) is 29.3 Å². The van der Waals surface area contributed by atoms with Gasteiger partial charge >= 0.3 is 0 Å². The lowest BCUT2D eigenvalue weighted by atomic mass is 9.86. The first-order valence-electron chi connectivity index (χ1n) is 7.06. The molecule has 2 rings (SSSR count). The van der Waals surface area contributed by atoms with E-state index < -0.39 is 0 Å². The van der Waals surface area contributed by atoms with E-state index in [9.17, 15) is 0 Å². The van der Waals surface area contributed by atoms with Crippen molar-refractivity contribution in [3.8, 4) is 0 Å². The van der Waals surface area contributed by atoms with Crippen LogP contribution < -0.4 is 5.32 Å². The molecule has 0 atom stereocenters. The van der Waals surface area contributed by atoms with Gasteiger partial charge in [-0.3, -0.25) is 4.99 Å². The standard InChI is InChI=1S/C16H25N3/c1-16(2,3)14-7-5-13(6-8-14)9-10-17-15-18-11-12-19(15)4/h5-8H,9-12H2,1-4H3,(H,17,18). The van der Waals surface area contributed by atoms with E-state index in [1.54, 1.807) is 0 Å². The van der Waals surface area contributed by atoms with Gasteiger partial charge in [0.05, 0.1) is 6.54 Å². The molecule has 0 spiro atoms. The summed E-state index contributed by atoms with van der Waals surface area (Å²) in [4.78, 5) is 6.60. The Balaban J connectivity index is 1.83. The number of nitrogens with one attached hydrogen (secondary N) is 1. The monoisotopic (exact) mass is 259 g/mol. The van der Waals surface area contributed by atoms with Crippen LogP contribution in [0.2, 0.25) is 0 Å². The molecule has 3 heteroatoms. The van der Waals surface area contributed by atoms with Gasteiger partial charge in [0.15, 0.2) is 5.96 Å². The second-order valence-corrected chi connectivity index (χ2v) is 6.25. The van der Waals surface area contributed by atoms with Crippen LogP contribution in [0.5, 0.6) is 0 Å². The SMILES string of the molecule is CN1CCN=C1NCCc1ccc(C(C)(C)C)cc1. The molecule has 0 aromatic heterocycles. The van der Waals surface area contributed by atoms with Crippen LogP contribution in [0.1, 0.15) is 31.9 Å². The van der Waals surface area contributed by atoms with E-state index in [2.05, 4.69) is 67.3 Å². The molecule has 0 saturated carbocycles. The summed E-state index contributed by atoms with van der Waals surface area (Å²) in [5.74, 6) is 1.03. The fraction of sp³-hybridized carbons (Fsp3) is 0.562. The van der Waals surface area contributed by atoms with E-state index in [4.69, 9.17) is 0 Å². The summed E-state index contributed by atoms with van der Waals surface area (Å²) in [6.45, 7) is 9.63. The topological polar surface area (TPSA) is 27.6 Å². The maximum atomic E-state index is 4.43. The smallest absolute Gasteiger partial charge is 0.193 e. The van der Waals surface area contributed by atoms with Gasteiger partial charge in [0.1, 0.15) is 0 Å². The van der Waals surface area contributed by atoms with Gasteiger partial charge in [0.2, 0.25) is 0 Å². The van der Waals surface area contributed by atoms with Crippen LogP contribution >= 0.6 is 0 Å². The summed E-state index contributed by atoms with van der Waals surface area (Å²) in [6.07, 6.45) is 1.04. The summed E-state index contributed by atoms with van der Waals surface area (Å²) in [7, 11) is 2.08. The average Bonchev–Trinajstić information content (AvgIpc) is 2.75. The first-order valence-corrected chi connectivity index (χ1v) is 7.06. The molecule has 1 N–H and O–H groups in total. The van der Waals surface area contributed by atoms with E-state index in [0.29, 0.717) is 0 Å². The summed E-state index contributed by atoms with van der Waals surface area (Å²) < 4.78 is 0. The van der Waals surface area contributed by atoms with Crippen molar-refractivity contribution in [2.75, 3.05) is 26.7 Å². The summed E-state index contributed by atoms with van der Waals surface area (Å²) in [5, 5.41) is 3.40. The molecule has 19 heavy (non-hydrogen) atoms. The minimum atomic E-state index is 0.234. The Kier molecular flexibility index (Phi) is 4.13. The molecule has 1 aromatic rings. The highest BCUT2D eigenvalue weighted by molar-refractivity contribution is 5.81. The second-order valence-electron chi connectivity index (χ2n) is 6.25. The molecule has 0 amide bonds. The molecule has 0 saturated heterocycles. The van der Waals surface area contributed by atoms with Crippen LogP contribution in [-0.2, 0) is 11.8 Å². The lowest BCUT2D eigenvalue weighted by molar-refractivity contribution is 0.534. The molecule has 0 fully saturated rings. The third-order valence-electron chi connectivity index (χ3n) is 3.58. The average molecular weight is 259 g/mol. The second kappa shape index (κ2) is 5.64. The maximum absolute atomic E-state index is 4.43. The molecule has 0 radical (unpaired) electrons. The number of hydrogen-bond donors (Lipinski definition) is 1. The predicted molar refractivity (Wildman–Crippen MR) is 81.8 cm³/mol. The highest BCUT2D eigenvalue weighted by atomic mass is 15.3. The number of guanidine groups is 1. The van der Waals surface area contributed by atoms with Gasteiger partial charge in [-0.2, -0.15) is 0 Å². The summed E-state index contributed by atoms with van der Waals surface area (Å²) in [5.41, 5.74) is 3.00. The van der Waals surface area contributed by atoms with E-state index in [1.165, 1.54) is 11.1 Å². The molecule has 0 bridgehead atoms. The van der Waals surface area contributed by atoms with E-state index in [1.807, 2.05) is 0 Å². The minimum Gasteiger partial charge on any atom is -0.356 e. The molecule has 1 aliphatic rings. The fourth-order valence-corrected chi connectivity index (χ4v) is 2.21. The van der Waals surface area contributed by atoms with Crippen LogP contribution in [0.25, 0.3) is 0 Å². The lowest BCUT2D eigenvalue weighted by Crippen LogP contribution is -2.36. The van der Waals surface area contributed by atoms with Crippen molar-refractivity contribution in [1.29, 1.82) is 0 Å². The van der Waals surface area contributed by atoms with Gasteiger partial charge in [-0.05, 0) is 23.0 Å². The van der Waals surface area contributed by atoms with Crippen molar-refractivity contribution in [3.05, 3.63) is 35.4 Å². The zero-order chi connectivity index (χ0) is 13.9. The largest absolute Gasteiger partial charge is 0.356 e. The van der Waals surface area contributed by atoms with Crippen molar-refractivity contribution >= 4 is 5.96 Å². The number of hydrogen-bond acceptors (Lipinski definition) is 3. The Hall–Kier alpha value is -1.51. The molecule has 104 valence electrons. The third-order valence-corrected chi connectivity index (χ3v) is 3.58. The molecule has 1 aliphatic heterocycles. The van der Waals surface area contributed by atoms with Gasteiger partial charge in [-0.15, -0.1) is 0 Å². The third kappa shape index (κ3) is 3.72. The van der Waals surface area contributed by atoms with Crippen LogP contribution in [0.4, 0.5) is 0 Å². The number of benzene rings is 1. The Morgan fingerprint density at radius 2 is 1.89 bits per heavy atom. The van der Waals surface area contributed by atoms with E-state index in [-0.39, 0.29) is 5.41 Å². The predicted octanol–water partition coefficient (Wildman–Crippen LogP) is 2.42. The summed E-state index contributed by atoms with van der Waals surface area (Å²) >= 11 is 0. The molecule has 0 aliphatic carbocycles. The van der Waals surface area contributed by atoms with Crippen LogP contribution in [0.3, 0.4) is 0 Å². The number of likely N-dealkylation sites (N-methyl/N-ethyl adjacent to an activating group) is 1. The first kappa shape index (κ1) is 13.9. The minimum absolute atomic E-state index is 0.234. The van der Waals surface area contributed by atoms with Gasteiger partial charge in [-0.1, -0.05) is 45.0 Å². The molecular formula is C16H25N3. The van der Waals surface area contributed by atoms with Crippen molar-refractivity contribution in [2.24, 2.45) is 4.99 Å². The first-order chi connectivity index (χ1) is 8.97. The van der Waals surface area contributed by atoms with Gasteiger partial charge in [0, 0.05) is 20.1 Å². The molecule has 1 aromatic carbocycles. The van der Waals surface area contributed by atoms with Crippen molar-refractivity contribution < 1.29 is 0 Å². The van der Waals surface area contributed by atoms with Crippen LogP contribution in [0, 0.1) is 0 Å². The Morgan fingerprint density at radius 1 is 1.21 bits per heavy atom. The van der Waals surface area contributed by atoms with Crippen molar-refractivity contribution in [3.63, 3.8) is 0 Å². The number of aliphatic imine (C=N–C) groups is 1. The van der Waals surface area contributed by atoms with E-state index >= 15 is 0 Å². The Bertz CT molecular complexity index is 440. The molecule has 1 heterocycles. The quantitative estimate of drug-likeness (QED) is 0.903. The highest BCUT2D eigenvalue weighted by Crippen LogP contribution is 2.22. The van der Waals surface area contributed by atoms with Gasteiger partial charge < -0.3 is 10.2 Å². The van der Waals surface area contributed by atoms with E-state index in [0.717, 1.165) is 32.0 Å². The van der Waals surface area contributed by atoms with Gasteiger partial charge in [-0.25, -0.2) is 0 Å². The van der Waals surface area contributed by atoms with Crippen molar-refractivity contribution in [2.45, 2.75) is 32.6 Å². The van der Waals surface area contributed by atoms with Crippen LogP contribution in [-0.4, -0.2) is 37.5 Å². The molecule has 0 unspecified atom stereocenters. The zero-order valence-electron chi connectivity index (χ0n) is 12.5. The number of rotatable bonds is 3. The van der Waals surface area contributed by atoms with Gasteiger partial charge in [0.25, 0.3) is 0 Å². The highest BCUT2D eigenvalue weighted by Gasteiger charge is 2.13. The van der Waals surface area contributed by atoms with Crippen molar-refractivity contribution in [1.82, 2.24) is 10.2 Å². The fourth-order valence-electron chi connectivity index (χ4n) is 2.21. The Morgan fingerprint density at radius 3 is 2.42 bits per heavy atom. The molecular weight excluding hydrogens is 234 g/mol. The summed E-state index contributed by atoms with van der Waals surface area (Å²) in [6, 6.07) is 8.97. The maximum Gasteiger partial charge on any atom is 0.193 e. The normalized spacial score (nSPS) is 15.6. The molecule has 3 nitrogen and oxygen atoms in total. The Labute approximate surface area is 116 Å². The number of nitrogens with zero attached hydrogens (tertiary/aromatic N) is 2.